The Morgan fingerprint density at radius 1 is 0.893 bits per heavy atom. The van der Waals surface area contributed by atoms with Crippen LogP contribution in [0.5, 0.6) is 0 Å². The van der Waals surface area contributed by atoms with Crippen molar-refractivity contribution in [3.8, 4) is 0 Å². The van der Waals surface area contributed by atoms with Gasteiger partial charge >= 0.3 is 0 Å². The van der Waals surface area contributed by atoms with Crippen LogP contribution >= 0.6 is 0 Å². The molecule has 28 heavy (non-hydrogen) atoms. The van der Waals surface area contributed by atoms with Crippen LogP contribution in [0, 0.1) is 5.82 Å². The van der Waals surface area contributed by atoms with Gasteiger partial charge in [0.2, 0.25) is 11.8 Å². The molecule has 0 saturated carbocycles. The van der Waals surface area contributed by atoms with Gasteiger partial charge in [0.25, 0.3) is 0 Å². The fourth-order valence-corrected chi connectivity index (χ4v) is 2.55. The fraction of sp³-hybridized carbons (Fsp3) is 0.0952. The Hall–Kier alpha value is -3.74. The highest BCUT2D eigenvalue weighted by molar-refractivity contribution is 5.92. The number of pyridine rings is 1. The second-order valence-corrected chi connectivity index (χ2v) is 6.13. The van der Waals surface area contributed by atoms with E-state index in [1.165, 1.54) is 19.2 Å². The molecule has 2 amide bonds. The van der Waals surface area contributed by atoms with Gasteiger partial charge in [-0.3, -0.25) is 9.59 Å². The van der Waals surface area contributed by atoms with E-state index in [-0.39, 0.29) is 18.2 Å². The molecule has 2 aromatic carbocycles. The number of aromatic nitrogens is 1. The van der Waals surface area contributed by atoms with Crippen molar-refractivity contribution in [2.24, 2.45) is 0 Å². The smallest absolute Gasteiger partial charge is 0.228 e. The Labute approximate surface area is 161 Å². The highest BCUT2D eigenvalue weighted by atomic mass is 19.1. The summed E-state index contributed by atoms with van der Waals surface area (Å²) in [5.74, 6) is -0.254. The molecule has 3 aromatic rings. The molecule has 7 heteroatoms. The third-order valence-corrected chi connectivity index (χ3v) is 3.83. The van der Waals surface area contributed by atoms with Gasteiger partial charge in [0.05, 0.1) is 18.3 Å². The van der Waals surface area contributed by atoms with Crippen molar-refractivity contribution in [2.45, 2.75) is 13.3 Å². The van der Waals surface area contributed by atoms with E-state index in [0.717, 1.165) is 5.69 Å². The van der Waals surface area contributed by atoms with Crippen molar-refractivity contribution < 1.29 is 14.0 Å². The van der Waals surface area contributed by atoms with Crippen LogP contribution in [0.4, 0.5) is 27.3 Å². The van der Waals surface area contributed by atoms with Crippen LogP contribution in [-0.2, 0) is 16.0 Å². The predicted molar refractivity (Wildman–Crippen MR) is 107 cm³/mol. The maximum absolute atomic E-state index is 13.6. The number of hydrogen-bond acceptors (Lipinski definition) is 4. The highest BCUT2D eigenvalue weighted by Crippen LogP contribution is 2.19. The third kappa shape index (κ3) is 5.38. The summed E-state index contributed by atoms with van der Waals surface area (Å²) in [4.78, 5) is 27.4. The largest absolute Gasteiger partial charge is 0.340 e. The summed E-state index contributed by atoms with van der Waals surface area (Å²) in [5, 5.41) is 8.52. The van der Waals surface area contributed by atoms with Gasteiger partial charge in [0, 0.05) is 18.3 Å². The molecule has 0 bridgehead atoms. The van der Waals surface area contributed by atoms with Crippen molar-refractivity contribution in [3.63, 3.8) is 0 Å². The van der Waals surface area contributed by atoms with Crippen LogP contribution in [0.3, 0.4) is 0 Å². The molecule has 0 saturated heterocycles. The fourth-order valence-electron chi connectivity index (χ4n) is 2.55. The van der Waals surface area contributed by atoms with Crippen LogP contribution in [0.2, 0.25) is 0 Å². The summed E-state index contributed by atoms with van der Waals surface area (Å²) in [6.07, 6.45) is 1.47. The topological polar surface area (TPSA) is 83.1 Å². The molecular weight excluding hydrogens is 359 g/mol. The average Bonchev–Trinajstić information content (AvgIpc) is 2.66. The first kappa shape index (κ1) is 19.0. The van der Waals surface area contributed by atoms with Crippen molar-refractivity contribution in [1.29, 1.82) is 0 Å². The summed E-state index contributed by atoms with van der Waals surface area (Å²) in [5.41, 5.74) is 2.37. The number of nitrogens with zero attached hydrogens (tertiary/aromatic N) is 1. The third-order valence-electron chi connectivity index (χ3n) is 3.83. The molecule has 1 heterocycles. The number of amides is 2. The van der Waals surface area contributed by atoms with Crippen LogP contribution in [0.15, 0.2) is 66.9 Å². The standard InChI is InChI=1S/C21H19FN4O2/c1-14(27)24-16-6-8-17(9-7-16)25-20-11-10-18(13-23-20)26-21(28)12-15-4-2-3-5-19(15)22/h2-11,13H,12H2,1H3,(H,23,25)(H,24,27)(H,26,28). The molecule has 0 unspecified atom stereocenters. The summed E-state index contributed by atoms with van der Waals surface area (Å²) in [7, 11) is 0. The molecule has 0 aliphatic heterocycles. The van der Waals surface area contributed by atoms with Gasteiger partial charge < -0.3 is 16.0 Å². The molecule has 0 aliphatic rings. The van der Waals surface area contributed by atoms with Gasteiger partial charge in [0.1, 0.15) is 11.6 Å². The minimum atomic E-state index is -0.403. The van der Waals surface area contributed by atoms with Crippen molar-refractivity contribution >= 4 is 34.7 Å². The van der Waals surface area contributed by atoms with Gasteiger partial charge in [0.15, 0.2) is 0 Å². The monoisotopic (exact) mass is 378 g/mol. The van der Waals surface area contributed by atoms with Gasteiger partial charge in [-0.05, 0) is 48.0 Å². The summed E-state index contributed by atoms with van der Waals surface area (Å²) in [6, 6.07) is 16.8. The Kier molecular flexibility index (Phi) is 5.96. The molecule has 3 N–H and O–H groups in total. The lowest BCUT2D eigenvalue weighted by Gasteiger charge is -2.09. The molecule has 142 valence electrons. The number of nitrogens with one attached hydrogen (secondary N) is 3. The zero-order valence-corrected chi connectivity index (χ0v) is 15.2. The Bertz CT molecular complexity index is 972. The quantitative estimate of drug-likeness (QED) is 0.603. The molecule has 3 rings (SSSR count). The van der Waals surface area contributed by atoms with Crippen LogP contribution in [-0.4, -0.2) is 16.8 Å². The minimum Gasteiger partial charge on any atom is -0.340 e. The zero-order chi connectivity index (χ0) is 19.9. The Morgan fingerprint density at radius 3 is 2.21 bits per heavy atom. The summed E-state index contributed by atoms with van der Waals surface area (Å²) >= 11 is 0. The summed E-state index contributed by atoms with van der Waals surface area (Å²) < 4.78 is 13.6. The van der Waals surface area contributed by atoms with E-state index >= 15 is 0 Å². The molecule has 1 aromatic heterocycles. The van der Waals surface area contributed by atoms with E-state index in [0.29, 0.717) is 22.8 Å². The van der Waals surface area contributed by atoms with Gasteiger partial charge in [-0.2, -0.15) is 0 Å². The SMILES string of the molecule is CC(=O)Nc1ccc(Nc2ccc(NC(=O)Cc3ccccc3F)cn2)cc1. The number of benzene rings is 2. The molecular formula is C21H19FN4O2. The average molecular weight is 378 g/mol. The van der Waals surface area contributed by atoms with Crippen LogP contribution < -0.4 is 16.0 Å². The van der Waals surface area contributed by atoms with E-state index in [1.54, 1.807) is 42.5 Å². The molecule has 0 atom stereocenters. The van der Waals surface area contributed by atoms with E-state index in [2.05, 4.69) is 20.9 Å². The van der Waals surface area contributed by atoms with Crippen molar-refractivity contribution in [3.05, 3.63) is 78.2 Å². The Morgan fingerprint density at radius 2 is 1.57 bits per heavy atom. The first-order valence-electron chi connectivity index (χ1n) is 8.63. The molecule has 0 radical (unpaired) electrons. The maximum atomic E-state index is 13.6. The number of carbonyl (C=O) groups is 2. The second-order valence-electron chi connectivity index (χ2n) is 6.13. The molecule has 0 aliphatic carbocycles. The van der Waals surface area contributed by atoms with Crippen molar-refractivity contribution in [1.82, 2.24) is 4.98 Å². The van der Waals surface area contributed by atoms with Crippen LogP contribution in [0.25, 0.3) is 0 Å². The molecule has 0 fully saturated rings. The van der Waals surface area contributed by atoms with Crippen LogP contribution in [0.1, 0.15) is 12.5 Å². The summed E-state index contributed by atoms with van der Waals surface area (Å²) in [6.45, 7) is 1.45. The van der Waals surface area contributed by atoms with E-state index in [9.17, 15) is 14.0 Å². The molecule has 6 nitrogen and oxygen atoms in total. The Balaban J connectivity index is 1.56. The second kappa shape index (κ2) is 8.77. The number of hydrogen-bond donors (Lipinski definition) is 3. The lowest BCUT2D eigenvalue weighted by atomic mass is 10.1. The molecule has 0 spiro atoms. The lowest BCUT2D eigenvalue weighted by molar-refractivity contribution is -0.116. The first-order chi connectivity index (χ1) is 13.5. The van der Waals surface area contributed by atoms with E-state index in [1.807, 2.05) is 12.1 Å². The predicted octanol–water partition coefficient (Wildman–Crippen LogP) is 4.10. The van der Waals surface area contributed by atoms with Gasteiger partial charge in [-0.1, -0.05) is 18.2 Å². The zero-order valence-electron chi connectivity index (χ0n) is 15.2. The minimum absolute atomic E-state index is 0.0483. The maximum Gasteiger partial charge on any atom is 0.228 e. The normalized spacial score (nSPS) is 10.2. The number of rotatable bonds is 6. The number of anilines is 4. The van der Waals surface area contributed by atoms with E-state index in [4.69, 9.17) is 0 Å². The highest BCUT2D eigenvalue weighted by Gasteiger charge is 2.08. The number of carbonyl (C=O) groups excluding carboxylic acids is 2. The van der Waals surface area contributed by atoms with E-state index < -0.39 is 5.82 Å². The van der Waals surface area contributed by atoms with Crippen molar-refractivity contribution in [2.75, 3.05) is 16.0 Å². The first-order valence-corrected chi connectivity index (χ1v) is 8.63. The number of halogens is 1. The lowest BCUT2D eigenvalue weighted by Crippen LogP contribution is -2.15. The van der Waals surface area contributed by atoms with Gasteiger partial charge in [-0.25, -0.2) is 9.37 Å². The van der Waals surface area contributed by atoms with Gasteiger partial charge in [-0.15, -0.1) is 0 Å².